The van der Waals surface area contributed by atoms with Gasteiger partial charge in [0.2, 0.25) is 0 Å². The molecule has 0 spiro atoms. The summed E-state index contributed by atoms with van der Waals surface area (Å²) in [5, 5.41) is 6.17. The first-order chi connectivity index (χ1) is 14.8. The predicted octanol–water partition coefficient (Wildman–Crippen LogP) is 5.34. The van der Waals surface area contributed by atoms with Crippen LogP contribution >= 0.6 is 0 Å². The number of fused-ring (bicyclic) bond motifs is 1. The van der Waals surface area contributed by atoms with Gasteiger partial charge in [0.1, 0.15) is 5.76 Å². The van der Waals surface area contributed by atoms with Crippen molar-refractivity contribution in [2.45, 2.75) is 6.42 Å². The van der Waals surface area contributed by atoms with Gasteiger partial charge in [0.15, 0.2) is 0 Å². The van der Waals surface area contributed by atoms with E-state index in [4.69, 9.17) is 4.42 Å². The fraction of sp³-hybridized carbons (Fsp3) is 0.0400. The van der Waals surface area contributed by atoms with E-state index in [0.717, 1.165) is 34.7 Å². The van der Waals surface area contributed by atoms with Crippen LogP contribution in [-0.2, 0) is 11.2 Å². The first-order valence-electron chi connectivity index (χ1n) is 9.70. The molecule has 0 saturated heterocycles. The third kappa shape index (κ3) is 3.61. The summed E-state index contributed by atoms with van der Waals surface area (Å²) in [5.41, 5.74) is 6.56. The topological polar surface area (TPSA) is 67.2 Å². The number of amides is 1. The maximum absolute atomic E-state index is 12.5. The molecule has 5 heteroatoms. The van der Waals surface area contributed by atoms with Crippen LogP contribution in [0.3, 0.4) is 0 Å². The Morgan fingerprint density at radius 1 is 0.967 bits per heavy atom. The summed E-state index contributed by atoms with van der Waals surface area (Å²) in [6.45, 7) is 0. The standard InChI is InChI=1S/C25H19N3O2/c29-25-22(21-8-5-19(15-23(21)28-25)24-2-1-13-30-24)16-27-20-6-3-17(4-7-20)14-18-9-11-26-12-10-18/h1-13,15-16,27H,14H2,(H,28,29). The van der Waals surface area contributed by atoms with Crippen LogP contribution in [0.15, 0.2) is 96.0 Å². The number of aromatic nitrogens is 1. The molecule has 3 heterocycles. The molecule has 0 atom stereocenters. The van der Waals surface area contributed by atoms with E-state index in [1.54, 1.807) is 24.9 Å². The van der Waals surface area contributed by atoms with E-state index >= 15 is 0 Å². The monoisotopic (exact) mass is 393 g/mol. The van der Waals surface area contributed by atoms with Crippen LogP contribution in [-0.4, -0.2) is 10.9 Å². The highest BCUT2D eigenvalue weighted by atomic mass is 16.3. The maximum Gasteiger partial charge on any atom is 0.257 e. The van der Waals surface area contributed by atoms with Crippen molar-refractivity contribution in [3.05, 3.63) is 108 Å². The zero-order valence-corrected chi connectivity index (χ0v) is 16.1. The van der Waals surface area contributed by atoms with Gasteiger partial charge in [-0.2, -0.15) is 0 Å². The molecule has 1 amide bonds. The summed E-state index contributed by atoms with van der Waals surface area (Å²) in [6.07, 6.45) is 7.86. The number of nitrogens with one attached hydrogen (secondary N) is 2. The van der Waals surface area contributed by atoms with Crippen LogP contribution in [0.5, 0.6) is 0 Å². The van der Waals surface area contributed by atoms with Gasteiger partial charge in [-0.3, -0.25) is 9.78 Å². The van der Waals surface area contributed by atoms with Crippen molar-refractivity contribution in [2.75, 3.05) is 10.6 Å². The Morgan fingerprint density at radius 3 is 2.53 bits per heavy atom. The summed E-state index contributed by atoms with van der Waals surface area (Å²) in [7, 11) is 0. The number of furan rings is 1. The molecule has 0 radical (unpaired) electrons. The second kappa shape index (κ2) is 7.72. The highest BCUT2D eigenvalue weighted by molar-refractivity contribution is 6.31. The molecule has 1 aliphatic rings. The Balaban J connectivity index is 1.32. The lowest BCUT2D eigenvalue weighted by atomic mass is 10.0. The smallest absolute Gasteiger partial charge is 0.257 e. The minimum atomic E-state index is -0.122. The number of hydrogen-bond donors (Lipinski definition) is 2. The highest BCUT2D eigenvalue weighted by Crippen LogP contribution is 2.35. The van der Waals surface area contributed by atoms with Crippen LogP contribution in [0, 0.1) is 0 Å². The number of hydrogen-bond acceptors (Lipinski definition) is 4. The van der Waals surface area contributed by atoms with Crippen LogP contribution < -0.4 is 10.6 Å². The molecule has 0 fully saturated rings. The maximum atomic E-state index is 12.5. The molecule has 146 valence electrons. The average molecular weight is 393 g/mol. The van der Waals surface area contributed by atoms with Gasteiger partial charge in [-0.15, -0.1) is 0 Å². The van der Waals surface area contributed by atoms with Gasteiger partial charge < -0.3 is 15.1 Å². The third-order valence-electron chi connectivity index (χ3n) is 5.10. The fourth-order valence-corrected chi connectivity index (χ4v) is 3.54. The lowest BCUT2D eigenvalue weighted by molar-refractivity contribution is -0.110. The first-order valence-corrected chi connectivity index (χ1v) is 9.70. The summed E-state index contributed by atoms with van der Waals surface area (Å²) in [6, 6.07) is 21.8. The fourth-order valence-electron chi connectivity index (χ4n) is 3.54. The van der Waals surface area contributed by atoms with Crippen molar-refractivity contribution >= 4 is 22.9 Å². The largest absolute Gasteiger partial charge is 0.464 e. The molecule has 5 nitrogen and oxygen atoms in total. The number of carbonyl (C=O) groups is 1. The van der Waals surface area contributed by atoms with Crippen LogP contribution in [0.1, 0.15) is 16.7 Å². The molecule has 4 aromatic rings. The third-order valence-corrected chi connectivity index (χ3v) is 5.10. The van der Waals surface area contributed by atoms with Gasteiger partial charge in [0.05, 0.1) is 11.8 Å². The molecule has 0 bridgehead atoms. The first kappa shape index (κ1) is 17.9. The van der Waals surface area contributed by atoms with Crippen molar-refractivity contribution in [2.24, 2.45) is 0 Å². The zero-order valence-electron chi connectivity index (χ0n) is 16.1. The summed E-state index contributed by atoms with van der Waals surface area (Å²) in [4.78, 5) is 16.5. The van der Waals surface area contributed by atoms with Crippen LogP contribution in [0.25, 0.3) is 16.9 Å². The Bertz CT molecular complexity index is 1210. The van der Waals surface area contributed by atoms with Gasteiger partial charge in [-0.1, -0.05) is 24.3 Å². The number of anilines is 2. The lowest BCUT2D eigenvalue weighted by Gasteiger charge is -2.06. The Labute approximate surface area is 174 Å². The Kier molecular flexibility index (Phi) is 4.62. The normalized spacial score (nSPS) is 13.9. The van der Waals surface area contributed by atoms with Gasteiger partial charge >= 0.3 is 0 Å². The molecule has 0 saturated carbocycles. The number of pyridine rings is 1. The van der Waals surface area contributed by atoms with Crippen molar-refractivity contribution in [1.82, 2.24) is 4.98 Å². The summed E-state index contributed by atoms with van der Waals surface area (Å²) >= 11 is 0. The van der Waals surface area contributed by atoms with E-state index in [1.807, 2.05) is 54.6 Å². The van der Waals surface area contributed by atoms with Crippen LogP contribution in [0.4, 0.5) is 11.4 Å². The summed E-state index contributed by atoms with van der Waals surface area (Å²) in [5.74, 6) is 0.651. The average Bonchev–Trinajstić information content (AvgIpc) is 3.41. The minimum Gasteiger partial charge on any atom is -0.464 e. The number of rotatable bonds is 5. The van der Waals surface area contributed by atoms with Crippen molar-refractivity contribution in [3.8, 4) is 11.3 Å². The second-order valence-corrected chi connectivity index (χ2v) is 7.12. The second-order valence-electron chi connectivity index (χ2n) is 7.12. The number of nitrogens with zero attached hydrogens (tertiary/aromatic N) is 1. The molecule has 5 rings (SSSR count). The molecule has 30 heavy (non-hydrogen) atoms. The Morgan fingerprint density at radius 2 is 1.77 bits per heavy atom. The zero-order chi connectivity index (χ0) is 20.3. The van der Waals surface area contributed by atoms with E-state index in [-0.39, 0.29) is 5.91 Å². The molecule has 2 aromatic heterocycles. The Hall–Kier alpha value is -4.12. The molecule has 0 unspecified atom stereocenters. The SMILES string of the molecule is O=C1Nc2cc(-c3ccco3)ccc2C1=CNc1ccc(Cc2ccncc2)cc1. The highest BCUT2D eigenvalue weighted by Gasteiger charge is 2.24. The molecule has 1 aliphatic heterocycles. The number of carbonyl (C=O) groups excluding carboxylic acids is 1. The lowest BCUT2D eigenvalue weighted by Crippen LogP contribution is -2.05. The van der Waals surface area contributed by atoms with Crippen LogP contribution in [0.2, 0.25) is 0 Å². The van der Waals surface area contributed by atoms with Gasteiger partial charge in [0, 0.05) is 41.1 Å². The van der Waals surface area contributed by atoms with E-state index in [9.17, 15) is 4.79 Å². The van der Waals surface area contributed by atoms with E-state index in [2.05, 4.69) is 27.8 Å². The molecular weight excluding hydrogens is 374 g/mol. The van der Waals surface area contributed by atoms with Gasteiger partial charge in [-0.25, -0.2) is 0 Å². The van der Waals surface area contributed by atoms with E-state index < -0.39 is 0 Å². The minimum absolute atomic E-state index is 0.122. The van der Waals surface area contributed by atoms with Gasteiger partial charge in [-0.05, 0) is 60.0 Å². The molecule has 2 aromatic carbocycles. The summed E-state index contributed by atoms with van der Waals surface area (Å²) < 4.78 is 5.44. The predicted molar refractivity (Wildman–Crippen MR) is 118 cm³/mol. The van der Waals surface area contributed by atoms with Crippen molar-refractivity contribution < 1.29 is 9.21 Å². The van der Waals surface area contributed by atoms with Crippen molar-refractivity contribution in [1.29, 1.82) is 0 Å². The van der Waals surface area contributed by atoms with Crippen molar-refractivity contribution in [3.63, 3.8) is 0 Å². The molecule has 2 N–H and O–H groups in total. The van der Waals surface area contributed by atoms with E-state index in [0.29, 0.717) is 5.57 Å². The molecular formula is C25H19N3O2. The molecule has 0 aliphatic carbocycles. The number of benzene rings is 2. The quantitative estimate of drug-likeness (QED) is 0.449. The van der Waals surface area contributed by atoms with Gasteiger partial charge in [0.25, 0.3) is 5.91 Å². The van der Waals surface area contributed by atoms with E-state index in [1.165, 1.54) is 11.1 Å².